The summed E-state index contributed by atoms with van der Waals surface area (Å²) in [6, 6.07) is 13.3. The molecule has 32 heavy (non-hydrogen) atoms. The van der Waals surface area contributed by atoms with Crippen molar-refractivity contribution in [3.63, 3.8) is 0 Å². The summed E-state index contributed by atoms with van der Waals surface area (Å²) in [5.41, 5.74) is 10.3. The quantitative estimate of drug-likeness (QED) is 0.460. The van der Waals surface area contributed by atoms with Gasteiger partial charge in [0.2, 0.25) is 5.91 Å². The SMILES string of the molecule is CC(C)C[C@H](N)C(=O)N(C)c1ccc2c(-c3ccncc3)c(-c3ccc(F)cc3)[nH]c2n1. The molecule has 3 N–H and O–H groups in total. The standard InChI is InChI=1S/C25H26FN5O/c1-15(2)14-20(27)25(32)31(3)21-9-8-19-22(16-10-12-28-13-11-16)23(30-24(19)29-21)17-4-6-18(26)7-5-17/h4-13,15,20H,14,27H2,1-3H3,(H,29,30)/t20-/m0/s1. The fourth-order valence-electron chi connectivity index (χ4n) is 3.87. The van der Waals surface area contributed by atoms with Gasteiger partial charge in [-0.15, -0.1) is 0 Å². The molecule has 0 saturated heterocycles. The molecule has 164 valence electrons. The minimum absolute atomic E-state index is 0.176. The van der Waals surface area contributed by atoms with Crippen LogP contribution in [0.3, 0.4) is 0 Å². The fourth-order valence-corrected chi connectivity index (χ4v) is 3.87. The van der Waals surface area contributed by atoms with E-state index in [1.165, 1.54) is 17.0 Å². The molecule has 3 aromatic heterocycles. The minimum Gasteiger partial charge on any atom is -0.339 e. The number of halogens is 1. The third kappa shape index (κ3) is 4.24. The summed E-state index contributed by atoms with van der Waals surface area (Å²) in [5, 5.41) is 0.895. The van der Waals surface area contributed by atoms with Crippen LogP contribution in [0.25, 0.3) is 33.4 Å². The average molecular weight is 432 g/mol. The Bertz CT molecular complexity index is 1230. The highest BCUT2D eigenvalue weighted by molar-refractivity contribution is 6.04. The number of aromatic amines is 1. The number of aromatic nitrogens is 3. The lowest BCUT2D eigenvalue weighted by Gasteiger charge is -2.21. The molecule has 0 saturated carbocycles. The van der Waals surface area contributed by atoms with Crippen LogP contribution in [0.5, 0.6) is 0 Å². The number of nitrogens with two attached hydrogens (primary N) is 1. The summed E-state index contributed by atoms with van der Waals surface area (Å²) in [7, 11) is 1.68. The number of carbonyl (C=O) groups is 1. The van der Waals surface area contributed by atoms with Gasteiger partial charge in [0, 0.05) is 30.4 Å². The van der Waals surface area contributed by atoms with E-state index in [0.29, 0.717) is 23.8 Å². The Hall–Kier alpha value is -3.58. The van der Waals surface area contributed by atoms with Crippen molar-refractivity contribution in [2.24, 2.45) is 11.7 Å². The number of rotatable bonds is 6. The van der Waals surface area contributed by atoms with Gasteiger partial charge in [-0.25, -0.2) is 9.37 Å². The maximum atomic E-state index is 13.5. The Morgan fingerprint density at radius 3 is 2.41 bits per heavy atom. The topological polar surface area (TPSA) is 87.9 Å². The predicted octanol–water partition coefficient (Wildman–Crippen LogP) is 4.77. The normalized spacial score (nSPS) is 12.3. The average Bonchev–Trinajstić information content (AvgIpc) is 3.17. The van der Waals surface area contributed by atoms with Gasteiger partial charge in [-0.3, -0.25) is 14.7 Å². The number of H-pyrrole nitrogens is 1. The predicted molar refractivity (Wildman–Crippen MR) is 126 cm³/mol. The Kier molecular flexibility index (Phi) is 6.01. The molecule has 1 atom stereocenters. The van der Waals surface area contributed by atoms with Crippen LogP contribution in [0, 0.1) is 11.7 Å². The summed E-state index contributed by atoms with van der Waals surface area (Å²) < 4.78 is 13.5. The van der Waals surface area contributed by atoms with Crippen molar-refractivity contribution in [3.8, 4) is 22.4 Å². The lowest BCUT2D eigenvalue weighted by molar-refractivity contribution is -0.119. The number of nitrogens with one attached hydrogen (secondary N) is 1. The number of anilines is 1. The van der Waals surface area contributed by atoms with Crippen molar-refractivity contribution in [2.45, 2.75) is 26.3 Å². The van der Waals surface area contributed by atoms with E-state index in [1.54, 1.807) is 31.6 Å². The maximum Gasteiger partial charge on any atom is 0.244 e. The molecule has 4 aromatic rings. The zero-order valence-electron chi connectivity index (χ0n) is 18.3. The fraction of sp³-hybridized carbons (Fsp3) is 0.240. The van der Waals surface area contributed by atoms with Crippen LogP contribution in [-0.2, 0) is 4.79 Å². The van der Waals surface area contributed by atoms with Crippen LogP contribution in [0.2, 0.25) is 0 Å². The second-order valence-corrected chi connectivity index (χ2v) is 8.32. The van der Waals surface area contributed by atoms with Gasteiger partial charge in [0.15, 0.2) is 0 Å². The summed E-state index contributed by atoms with van der Waals surface area (Å²) in [6.45, 7) is 4.07. The smallest absolute Gasteiger partial charge is 0.244 e. The molecule has 1 aromatic carbocycles. The second-order valence-electron chi connectivity index (χ2n) is 8.32. The number of likely N-dealkylation sites (N-methyl/N-ethyl adjacent to an activating group) is 1. The van der Waals surface area contributed by atoms with Gasteiger partial charge in [0.25, 0.3) is 0 Å². The number of fused-ring (bicyclic) bond motifs is 1. The number of hydrogen-bond donors (Lipinski definition) is 2. The molecule has 4 rings (SSSR count). The van der Waals surface area contributed by atoms with E-state index >= 15 is 0 Å². The van der Waals surface area contributed by atoms with Crippen molar-refractivity contribution in [2.75, 3.05) is 11.9 Å². The lowest BCUT2D eigenvalue weighted by atomic mass is 10.00. The molecule has 0 radical (unpaired) electrons. The van der Waals surface area contributed by atoms with E-state index in [-0.39, 0.29) is 11.7 Å². The van der Waals surface area contributed by atoms with E-state index in [9.17, 15) is 9.18 Å². The van der Waals surface area contributed by atoms with Gasteiger partial charge in [-0.2, -0.15) is 0 Å². The molecule has 1 amide bonds. The van der Waals surface area contributed by atoms with E-state index in [4.69, 9.17) is 10.7 Å². The molecule has 0 aliphatic heterocycles. The maximum absolute atomic E-state index is 13.5. The van der Waals surface area contributed by atoms with Gasteiger partial charge < -0.3 is 10.7 Å². The van der Waals surface area contributed by atoms with Crippen molar-refractivity contribution in [1.29, 1.82) is 0 Å². The molecular formula is C25H26FN5O. The van der Waals surface area contributed by atoms with Crippen molar-refractivity contribution in [3.05, 3.63) is 66.7 Å². The number of nitrogens with zero attached hydrogens (tertiary/aromatic N) is 3. The summed E-state index contributed by atoms with van der Waals surface area (Å²) >= 11 is 0. The summed E-state index contributed by atoms with van der Waals surface area (Å²) in [5.74, 6) is 0.358. The zero-order chi connectivity index (χ0) is 22.8. The molecule has 0 aliphatic rings. The first-order chi connectivity index (χ1) is 15.3. The molecule has 0 fully saturated rings. The monoisotopic (exact) mass is 431 g/mol. The van der Waals surface area contributed by atoms with Gasteiger partial charge >= 0.3 is 0 Å². The van der Waals surface area contributed by atoms with E-state index < -0.39 is 6.04 Å². The first-order valence-corrected chi connectivity index (χ1v) is 10.6. The third-order valence-corrected chi connectivity index (χ3v) is 5.46. The van der Waals surface area contributed by atoms with Gasteiger partial charge in [0.1, 0.15) is 17.3 Å². The summed E-state index contributed by atoms with van der Waals surface area (Å²) in [6.07, 6.45) is 4.06. The van der Waals surface area contributed by atoms with E-state index in [1.807, 2.05) is 38.1 Å². The Balaban J connectivity index is 1.81. The summed E-state index contributed by atoms with van der Waals surface area (Å²) in [4.78, 5) is 26.5. The van der Waals surface area contributed by atoms with Gasteiger partial charge in [-0.05, 0) is 72.0 Å². The third-order valence-electron chi connectivity index (χ3n) is 5.46. The van der Waals surface area contributed by atoms with E-state index in [0.717, 1.165) is 27.8 Å². The first kappa shape index (κ1) is 21.6. The van der Waals surface area contributed by atoms with Crippen molar-refractivity contribution >= 4 is 22.8 Å². The highest BCUT2D eigenvalue weighted by Gasteiger charge is 2.22. The molecule has 0 unspecified atom stereocenters. The largest absolute Gasteiger partial charge is 0.339 e. The Morgan fingerprint density at radius 2 is 1.75 bits per heavy atom. The van der Waals surface area contributed by atoms with Crippen LogP contribution in [0.1, 0.15) is 20.3 Å². The molecule has 3 heterocycles. The molecule has 0 bridgehead atoms. The molecule has 7 heteroatoms. The number of amides is 1. The van der Waals surface area contributed by atoms with Crippen molar-refractivity contribution in [1.82, 2.24) is 15.0 Å². The molecule has 0 aliphatic carbocycles. The molecule has 0 spiro atoms. The number of pyridine rings is 2. The number of carbonyl (C=O) groups excluding carboxylic acids is 1. The van der Waals surface area contributed by atoms with Crippen LogP contribution >= 0.6 is 0 Å². The number of benzene rings is 1. The first-order valence-electron chi connectivity index (χ1n) is 10.6. The van der Waals surface area contributed by atoms with Crippen LogP contribution in [0.4, 0.5) is 10.2 Å². The van der Waals surface area contributed by atoms with Gasteiger partial charge in [0.05, 0.1) is 11.7 Å². The van der Waals surface area contributed by atoms with Crippen LogP contribution in [-0.4, -0.2) is 33.9 Å². The van der Waals surface area contributed by atoms with Crippen LogP contribution in [0.15, 0.2) is 60.9 Å². The second kappa shape index (κ2) is 8.88. The van der Waals surface area contributed by atoms with Crippen molar-refractivity contribution < 1.29 is 9.18 Å². The number of hydrogen-bond acceptors (Lipinski definition) is 4. The van der Waals surface area contributed by atoms with Gasteiger partial charge in [-0.1, -0.05) is 13.8 Å². The molecule has 6 nitrogen and oxygen atoms in total. The Morgan fingerprint density at radius 1 is 1.06 bits per heavy atom. The highest BCUT2D eigenvalue weighted by Crippen LogP contribution is 2.38. The minimum atomic E-state index is -0.580. The molecular weight excluding hydrogens is 405 g/mol. The highest BCUT2D eigenvalue weighted by atomic mass is 19.1. The van der Waals surface area contributed by atoms with Crippen LogP contribution < -0.4 is 10.6 Å². The zero-order valence-corrected chi connectivity index (χ0v) is 18.3. The Labute approximate surface area is 186 Å². The van der Waals surface area contributed by atoms with E-state index in [2.05, 4.69) is 9.97 Å². The lowest BCUT2D eigenvalue weighted by Crippen LogP contribution is -2.42.